The van der Waals surface area contributed by atoms with Gasteiger partial charge < -0.3 is 5.32 Å². The molecule has 2 aromatic rings. The summed E-state index contributed by atoms with van der Waals surface area (Å²) in [6, 6.07) is 14.5. The van der Waals surface area contributed by atoms with Crippen LogP contribution in [0.3, 0.4) is 0 Å². The normalized spacial score (nSPS) is 11.2. The van der Waals surface area contributed by atoms with E-state index < -0.39 is 10.0 Å². The third-order valence-electron chi connectivity index (χ3n) is 3.88. The molecule has 1 amide bonds. The molecule has 2 rings (SSSR count). The molecule has 0 heterocycles. The van der Waals surface area contributed by atoms with E-state index in [-0.39, 0.29) is 10.8 Å². The monoisotopic (exact) mass is 346 g/mol. The fourth-order valence-electron chi connectivity index (χ4n) is 2.30. The van der Waals surface area contributed by atoms with Gasteiger partial charge in [-0.1, -0.05) is 36.4 Å². The minimum atomic E-state index is -3.42. The number of nitrogens with one attached hydrogen (secondary N) is 2. The first-order valence-electron chi connectivity index (χ1n) is 7.76. The Labute approximate surface area is 143 Å². The molecule has 0 unspecified atom stereocenters. The van der Waals surface area contributed by atoms with Gasteiger partial charge in [0.05, 0.1) is 4.90 Å². The van der Waals surface area contributed by atoms with Gasteiger partial charge in [0.25, 0.3) is 0 Å². The zero-order valence-electron chi connectivity index (χ0n) is 13.9. The predicted octanol–water partition coefficient (Wildman–Crippen LogP) is 2.15. The largest absolute Gasteiger partial charge is 0.352 e. The van der Waals surface area contributed by atoms with Crippen molar-refractivity contribution in [1.82, 2.24) is 10.0 Å². The third-order valence-corrected chi connectivity index (χ3v) is 5.31. The third kappa shape index (κ3) is 4.91. The molecule has 0 aliphatic carbocycles. The van der Waals surface area contributed by atoms with Gasteiger partial charge in [0.15, 0.2) is 0 Å². The van der Waals surface area contributed by atoms with Crippen LogP contribution in [0.4, 0.5) is 0 Å². The predicted molar refractivity (Wildman–Crippen MR) is 94.0 cm³/mol. The SMILES string of the molecule is CNS(=O)(=O)c1ccc(CCC(=O)NCc2ccccc2C)cc1. The summed E-state index contributed by atoms with van der Waals surface area (Å²) in [6.45, 7) is 2.53. The van der Waals surface area contributed by atoms with Crippen molar-refractivity contribution in [2.24, 2.45) is 0 Å². The maximum Gasteiger partial charge on any atom is 0.240 e. The summed E-state index contributed by atoms with van der Waals surface area (Å²) in [5.41, 5.74) is 3.18. The van der Waals surface area contributed by atoms with Gasteiger partial charge in [-0.05, 0) is 49.2 Å². The first kappa shape index (κ1) is 18.2. The fraction of sp³-hybridized carbons (Fsp3) is 0.278. The quantitative estimate of drug-likeness (QED) is 0.807. The molecular formula is C18H22N2O3S. The van der Waals surface area contributed by atoms with Crippen LogP contribution in [-0.2, 0) is 27.8 Å². The molecule has 0 saturated heterocycles. The molecule has 0 bridgehead atoms. The molecule has 0 fully saturated rings. The lowest BCUT2D eigenvalue weighted by atomic mass is 10.1. The van der Waals surface area contributed by atoms with Gasteiger partial charge in [0.2, 0.25) is 15.9 Å². The zero-order valence-corrected chi connectivity index (χ0v) is 14.7. The maximum absolute atomic E-state index is 12.0. The summed E-state index contributed by atoms with van der Waals surface area (Å²) in [5, 5.41) is 2.91. The number of benzene rings is 2. The summed E-state index contributed by atoms with van der Waals surface area (Å²) < 4.78 is 25.6. The van der Waals surface area contributed by atoms with Crippen molar-refractivity contribution in [3.05, 3.63) is 65.2 Å². The second kappa shape index (κ2) is 8.08. The molecule has 0 aliphatic rings. The van der Waals surface area contributed by atoms with Gasteiger partial charge in [-0.15, -0.1) is 0 Å². The highest BCUT2D eigenvalue weighted by atomic mass is 32.2. The van der Waals surface area contributed by atoms with Crippen LogP contribution in [0.2, 0.25) is 0 Å². The number of aryl methyl sites for hydroxylation is 2. The van der Waals surface area contributed by atoms with Gasteiger partial charge in [0.1, 0.15) is 0 Å². The molecule has 6 heteroatoms. The Morgan fingerprint density at radius 1 is 1.04 bits per heavy atom. The first-order valence-corrected chi connectivity index (χ1v) is 9.24. The number of amides is 1. The molecule has 24 heavy (non-hydrogen) atoms. The molecule has 0 radical (unpaired) electrons. The Balaban J connectivity index is 1.85. The van der Waals surface area contributed by atoms with Crippen molar-refractivity contribution in [3.8, 4) is 0 Å². The highest BCUT2D eigenvalue weighted by molar-refractivity contribution is 7.89. The highest BCUT2D eigenvalue weighted by Crippen LogP contribution is 2.12. The van der Waals surface area contributed by atoms with Gasteiger partial charge in [-0.3, -0.25) is 4.79 Å². The Kier molecular flexibility index (Phi) is 6.11. The van der Waals surface area contributed by atoms with Gasteiger partial charge >= 0.3 is 0 Å². The first-order chi connectivity index (χ1) is 11.4. The molecule has 5 nitrogen and oxygen atoms in total. The van der Waals surface area contributed by atoms with Gasteiger partial charge in [-0.25, -0.2) is 13.1 Å². The Morgan fingerprint density at radius 2 is 1.71 bits per heavy atom. The molecule has 0 atom stereocenters. The molecule has 0 saturated carbocycles. The summed E-state index contributed by atoms with van der Waals surface area (Å²) >= 11 is 0. The summed E-state index contributed by atoms with van der Waals surface area (Å²) in [6.07, 6.45) is 0.934. The Hall–Kier alpha value is -2.18. The van der Waals surface area contributed by atoms with Crippen molar-refractivity contribution < 1.29 is 13.2 Å². The van der Waals surface area contributed by atoms with Crippen molar-refractivity contribution >= 4 is 15.9 Å². The topological polar surface area (TPSA) is 75.3 Å². The number of hydrogen-bond donors (Lipinski definition) is 2. The van der Waals surface area contributed by atoms with Crippen LogP contribution in [-0.4, -0.2) is 21.4 Å². The maximum atomic E-state index is 12.0. The number of carbonyl (C=O) groups excluding carboxylic acids is 1. The zero-order chi connectivity index (χ0) is 17.6. The van der Waals surface area contributed by atoms with Gasteiger partial charge in [0, 0.05) is 13.0 Å². The minimum absolute atomic E-state index is 0.0230. The number of carbonyl (C=O) groups is 1. The average Bonchev–Trinajstić information content (AvgIpc) is 2.59. The molecule has 0 spiro atoms. The van der Waals surface area contributed by atoms with Crippen LogP contribution in [0.1, 0.15) is 23.1 Å². The second-order valence-corrected chi connectivity index (χ2v) is 7.44. The minimum Gasteiger partial charge on any atom is -0.352 e. The Morgan fingerprint density at radius 3 is 2.33 bits per heavy atom. The molecule has 0 aliphatic heterocycles. The van der Waals surface area contributed by atoms with E-state index in [9.17, 15) is 13.2 Å². The van der Waals surface area contributed by atoms with E-state index in [4.69, 9.17) is 0 Å². The molecule has 2 aromatic carbocycles. The second-order valence-electron chi connectivity index (χ2n) is 5.55. The lowest BCUT2D eigenvalue weighted by molar-refractivity contribution is -0.121. The lowest BCUT2D eigenvalue weighted by Gasteiger charge is -2.08. The molecule has 128 valence electrons. The lowest BCUT2D eigenvalue weighted by Crippen LogP contribution is -2.23. The Bertz CT molecular complexity index is 799. The number of rotatable bonds is 7. The average molecular weight is 346 g/mol. The van der Waals surface area contributed by atoms with Crippen LogP contribution in [0.25, 0.3) is 0 Å². The van der Waals surface area contributed by atoms with Crippen LogP contribution >= 0.6 is 0 Å². The summed E-state index contributed by atoms with van der Waals surface area (Å²) in [5.74, 6) is -0.0230. The smallest absolute Gasteiger partial charge is 0.240 e. The van der Waals surface area contributed by atoms with Gasteiger partial charge in [-0.2, -0.15) is 0 Å². The van der Waals surface area contributed by atoms with Crippen LogP contribution in [0.15, 0.2) is 53.4 Å². The fourth-order valence-corrected chi connectivity index (χ4v) is 3.03. The summed E-state index contributed by atoms with van der Waals surface area (Å²) in [7, 11) is -2.04. The van der Waals surface area contributed by atoms with Crippen molar-refractivity contribution in [2.75, 3.05) is 7.05 Å². The van der Waals surface area contributed by atoms with E-state index in [1.165, 1.54) is 7.05 Å². The van der Waals surface area contributed by atoms with Crippen LogP contribution in [0.5, 0.6) is 0 Å². The van der Waals surface area contributed by atoms with Crippen molar-refractivity contribution in [2.45, 2.75) is 31.2 Å². The van der Waals surface area contributed by atoms with E-state index >= 15 is 0 Å². The van der Waals surface area contributed by atoms with Crippen molar-refractivity contribution in [1.29, 1.82) is 0 Å². The highest BCUT2D eigenvalue weighted by Gasteiger charge is 2.10. The van der Waals surface area contributed by atoms with E-state index in [0.717, 1.165) is 16.7 Å². The van der Waals surface area contributed by atoms with E-state index in [0.29, 0.717) is 19.4 Å². The van der Waals surface area contributed by atoms with E-state index in [2.05, 4.69) is 10.0 Å². The number of hydrogen-bond acceptors (Lipinski definition) is 3. The molecular weight excluding hydrogens is 324 g/mol. The standard InChI is InChI=1S/C18H22N2O3S/c1-14-5-3-4-6-16(14)13-20-18(21)12-9-15-7-10-17(11-8-15)24(22,23)19-2/h3-8,10-11,19H,9,12-13H2,1-2H3,(H,20,21). The summed E-state index contributed by atoms with van der Waals surface area (Å²) in [4.78, 5) is 12.2. The van der Waals surface area contributed by atoms with Crippen molar-refractivity contribution in [3.63, 3.8) is 0 Å². The molecule has 2 N–H and O–H groups in total. The van der Waals surface area contributed by atoms with E-state index in [1.807, 2.05) is 31.2 Å². The van der Waals surface area contributed by atoms with Crippen LogP contribution in [0, 0.1) is 6.92 Å². The molecule has 0 aromatic heterocycles. The van der Waals surface area contributed by atoms with E-state index in [1.54, 1.807) is 24.3 Å². The van der Waals surface area contributed by atoms with Crippen LogP contribution < -0.4 is 10.0 Å². The number of sulfonamides is 1.